The highest BCUT2D eigenvalue weighted by Gasteiger charge is 2.73. The van der Waals surface area contributed by atoms with Gasteiger partial charge in [-0.2, -0.15) is 0 Å². The lowest BCUT2D eigenvalue weighted by molar-refractivity contribution is 0.121. The van der Waals surface area contributed by atoms with Crippen LogP contribution in [0, 0.1) is 5.41 Å². The minimum Gasteiger partial charge on any atom is -0.393 e. The van der Waals surface area contributed by atoms with Crippen molar-refractivity contribution in [3.05, 3.63) is 64.6 Å². The number of hydrogen-bond donors (Lipinski definition) is 1. The molecule has 26 heavy (non-hydrogen) atoms. The Labute approximate surface area is 167 Å². The summed E-state index contributed by atoms with van der Waals surface area (Å²) in [6, 6.07) is 16.1. The van der Waals surface area contributed by atoms with Gasteiger partial charge in [0.2, 0.25) is 0 Å². The van der Waals surface area contributed by atoms with E-state index in [-0.39, 0.29) is 22.4 Å². The van der Waals surface area contributed by atoms with E-state index >= 15 is 0 Å². The summed E-state index contributed by atoms with van der Waals surface area (Å²) in [7, 11) is -3.62. The summed E-state index contributed by atoms with van der Waals surface area (Å²) in [6.45, 7) is 2.52. The largest absolute Gasteiger partial charge is 0.393 e. The molecule has 138 valence electrons. The molecule has 0 heterocycles. The van der Waals surface area contributed by atoms with Gasteiger partial charge >= 0.3 is 0 Å². The molecule has 0 unspecified atom stereocenters. The Balaban J connectivity index is 2.10. The second kappa shape index (κ2) is 7.38. The fourth-order valence-corrected chi connectivity index (χ4v) is 6.62. The third kappa shape index (κ3) is 3.22. The number of hydrogen-bond acceptors (Lipinski definition) is 4. The molecule has 0 spiro atoms. The number of rotatable bonds is 7. The van der Waals surface area contributed by atoms with Gasteiger partial charge in [0.1, 0.15) is 0 Å². The molecule has 3 rings (SSSR count). The van der Waals surface area contributed by atoms with Crippen molar-refractivity contribution in [3.63, 3.8) is 0 Å². The van der Waals surface area contributed by atoms with Gasteiger partial charge in [-0.3, -0.25) is 0 Å². The SMILES string of the molecule is CCOC[C@]1(C(N)=S)[C@H](c2ccc(Br)cc2)[C@@H]1S(=O)(=O)c1ccccc1. The van der Waals surface area contributed by atoms with Crippen LogP contribution in [0.25, 0.3) is 0 Å². The van der Waals surface area contributed by atoms with Gasteiger partial charge in [-0.1, -0.05) is 58.5 Å². The Morgan fingerprint density at radius 1 is 1.19 bits per heavy atom. The first kappa shape index (κ1) is 19.5. The number of sulfone groups is 1. The maximum atomic E-state index is 13.3. The molecular formula is C19H20BrNO3S2. The smallest absolute Gasteiger partial charge is 0.182 e. The van der Waals surface area contributed by atoms with E-state index in [1.807, 2.05) is 31.2 Å². The van der Waals surface area contributed by atoms with Crippen LogP contribution in [-0.2, 0) is 14.6 Å². The molecule has 1 aliphatic rings. The average molecular weight is 454 g/mol. The van der Waals surface area contributed by atoms with Crippen molar-refractivity contribution < 1.29 is 13.2 Å². The lowest BCUT2D eigenvalue weighted by atomic mass is 10.00. The average Bonchev–Trinajstić information content (AvgIpc) is 3.33. The maximum absolute atomic E-state index is 13.3. The Morgan fingerprint density at radius 2 is 1.81 bits per heavy atom. The highest BCUT2D eigenvalue weighted by Crippen LogP contribution is 2.64. The molecule has 2 aromatic carbocycles. The third-order valence-corrected chi connectivity index (χ3v) is 8.09. The lowest BCUT2D eigenvalue weighted by Crippen LogP contribution is -2.33. The van der Waals surface area contributed by atoms with Crippen LogP contribution in [0.1, 0.15) is 18.4 Å². The molecule has 0 saturated heterocycles. The summed E-state index contributed by atoms with van der Waals surface area (Å²) in [5.41, 5.74) is 6.07. The van der Waals surface area contributed by atoms with E-state index in [2.05, 4.69) is 15.9 Å². The lowest BCUT2D eigenvalue weighted by Gasteiger charge is -2.17. The van der Waals surface area contributed by atoms with Crippen molar-refractivity contribution in [1.82, 2.24) is 0 Å². The van der Waals surface area contributed by atoms with Gasteiger partial charge in [-0.15, -0.1) is 0 Å². The number of halogens is 1. The van der Waals surface area contributed by atoms with Gasteiger partial charge in [-0.05, 0) is 36.8 Å². The second-order valence-electron chi connectivity index (χ2n) is 6.35. The molecule has 0 bridgehead atoms. The number of ether oxygens (including phenoxy) is 1. The van der Waals surface area contributed by atoms with E-state index in [4.69, 9.17) is 22.7 Å². The first-order chi connectivity index (χ1) is 12.4. The van der Waals surface area contributed by atoms with Gasteiger partial charge in [0.15, 0.2) is 9.84 Å². The Bertz CT molecular complexity index is 900. The molecule has 0 amide bonds. The van der Waals surface area contributed by atoms with Crippen LogP contribution in [0.4, 0.5) is 0 Å². The van der Waals surface area contributed by atoms with Gasteiger partial charge in [0.05, 0.1) is 27.2 Å². The van der Waals surface area contributed by atoms with Gasteiger partial charge in [0, 0.05) is 17.0 Å². The fourth-order valence-electron chi connectivity index (χ4n) is 3.57. The van der Waals surface area contributed by atoms with Crippen molar-refractivity contribution in [3.8, 4) is 0 Å². The normalized spacial score (nSPS) is 25.0. The van der Waals surface area contributed by atoms with Crippen molar-refractivity contribution >= 4 is 43.0 Å². The second-order valence-corrected chi connectivity index (χ2v) is 9.77. The van der Waals surface area contributed by atoms with Crippen LogP contribution < -0.4 is 5.73 Å². The predicted molar refractivity (Wildman–Crippen MR) is 110 cm³/mol. The molecule has 0 aliphatic heterocycles. The van der Waals surface area contributed by atoms with Crippen LogP contribution in [0.3, 0.4) is 0 Å². The van der Waals surface area contributed by atoms with Crippen molar-refractivity contribution in [2.45, 2.75) is 23.0 Å². The summed E-state index contributed by atoms with van der Waals surface area (Å²) < 4.78 is 33.2. The molecule has 3 atom stereocenters. The van der Waals surface area contributed by atoms with E-state index in [0.717, 1.165) is 10.0 Å². The van der Waals surface area contributed by atoms with E-state index in [9.17, 15) is 8.42 Å². The molecular weight excluding hydrogens is 434 g/mol. The van der Waals surface area contributed by atoms with E-state index in [1.165, 1.54) is 0 Å². The molecule has 4 nitrogen and oxygen atoms in total. The molecule has 0 radical (unpaired) electrons. The molecule has 1 saturated carbocycles. The van der Waals surface area contributed by atoms with Gasteiger partial charge in [-0.25, -0.2) is 8.42 Å². The Hall–Kier alpha value is -1.28. The van der Waals surface area contributed by atoms with E-state index in [1.54, 1.807) is 30.3 Å². The molecule has 2 N–H and O–H groups in total. The number of thiocarbonyl (C=S) groups is 1. The zero-order valence-corrected chi connectivity index (χ0v) is 17.5. The summed E-state index contributed by atoms with van der Waals surface area (Å²) in [5.74, 6) is -0.329. The highest BCUT2D eigenvalue weighted by atomic mass is 79.9. The van der Waals surface area contributed by atoms with Crippen molar-refractivity contribution in [2.24, 2.45) is 11.1 Å². The number of nitrogens with two attached hydrogens (primary N) is 1. The molecule has 1 aliphatic carbocycles. The quantitative estimate of drug-likeness (QED) is 0.647. The molecule has 2 aromatic rings. The summed E-state index contributed by atoms with van der Waals surface area (Å²) >= 11 is 8.74. The minimum atomic E-state index is -3.62. The van der Waals surface area contributed by atoms with Crippen LogP contribution in [0.15, 0.2) is 64.0 Å². The zero-order chi connectivity index (χ0) is 18.9. The van der Waals surface area contributed by atoms with Gasteiger partial charge in [0.25, 0.3) is 0 Å². The molecule has 7 heteroatoms. The predicted octanol–water partition coefficient (Wildman–Crippen LogP) is 3.70. The topological polar surface area (TPSA) is 69.4 Å². The molecule has 1 fully saturated rings. The van der Waals surface area contributed by atoms with E-state index < -0.39 is 20.5 Å². The zero-order valence-electron chi connectivity index (χ0n) is 14.3. The standard InChI is InChI=1S/C19H20BrNO3S2/c1-2-24-12-19(18(21)25)16(13-8-10-14(20)11-9-13)17(19)26(22,23)15-6-4-3-5-7-15/h3-11,16-17H,2,12H2,1H3,(H2,21,25)/t16-,17+,19+/m1/s1. The maximum Gasteiger partial charge on any atom is 0.182 e. The van der Waals surface area contributed by atoms with Gasteiger partial charge < -0.3 is 10.5 Å². The minimum absolute atomic E-state index is 0.184. The van der Waals surface area contributed by atoms with Crippen molar-refractivity contribution in [1.29, 1.82) is 0 Å². The summed E-state index contributed by atoms with van der Waals surface area (Å²) in [6.07, 6.45) is 0. The van der Waals surface area contributed by atoms with Crippen molar-refractivity contribution in [2.75, 3.05) is 13.2 Å². The summed E-state index contributed by atoms with van der Waals surface area (Å²) in [4.78, 5) is 0.463. The van der Waals surface area contributed by atoms with E-state index in [0.29, 0.717) is 6.61 Å². The Kier molecular flexibility index (Phi) is 5.53. The molecule has 0 aromatic heterocycles. The highest BCUT2D eigenvalue weighted by molar-refractivity contribution is 9.10. The third-order valence-electron chi connectivity index (χ3n) is 4.90. The first-order valence-corrected chi connectivity index (χ1v) is 11.0. The van der Waals surface area contributed by atoms with Crippen LogP contribution in [0.5, 0.6) is 0 Å². The van der Waals surface area contributed by atoms with Crippen LogP contribution >= 0.6 is 28.1 Å². The number of benzene rings is 2. The first-order valence-electron chi connectivity index (χ1n) is 8.27. The van der Waals surface area contributed by atoms with Crippen LogP contribution in [-0.4, -0.2) is 31.9 Å². The van der Waals surface area contributed by atoms with Crippen LogP contribution in [0.2, 0.25) is 0 Å². The monoisotopic (exact) mass is 453 g/mol. The Morgan fingerprint density at radius 3 is 2.35 bits per heavy atom. The summed E-state index contributed by atoms with van der Waals surface area (Å²) in [5, 5.41) is -0.734. The fraction of sp³-hybridized carbons (Fsp3) is 0.316.